The Hall–Kier alpha value is -1.61. The summed E-state index contributed by atoms with van der Waals surface area (Å²) in [6.07, 6.45) is 0. The lowest BCUT2D eigenvalue weighted by atomic mass is 10.2. The van der Waals surface area contributed by atoms with Gasteiger partial charge in [0, 0.05) is 19.7 Å². The van der Waals surface area contributed by atoms with Crippen LogP contribution in [-0.4, -0.2) is 0 Å². The molecule has 23 heavy (non-hydrogen) atoms. The third-order valence-electron chi connectivity index (χ3n) is 3.15. The summed E-state index contributed by atoms with van der Waals surface area (Å²) >= 11 is 9.44. The predicted octanol–water partition coefficient (Wildman–Crippen LogP) is 7.22. The van der Waals surface area contributed by atoms with Crippen LogP contribution in [0.5, 0.6) is 0 Å². The standard InChI is InChI=1S/C20H15ClS2/c21-17-11-13-18(14-12-17)22-15-20(16-7-3-1-4-8-16)23-19-9-5-2-6-10-19/h1-15H/b20-15-. The molecule has 0 nitrogen and oxygen atoms in total. The van der Waals surface area contributed by atoms with Crippen molar-refractivity contribution in [3.8, 4) is 0 Å². The lowest BCUT2D eigenvalue weighted by Crippen LogP contribution is -1.80. The molecule has 0 aromatic heterocycles. The van der Waals surface area contributed by atoms with Crippen LogP contribution in [-0.2, 0) is 0 Å². The molecule has 0 aliphatic carbocycles. The van der Waals surface area contributed by atoms with E-state index in [1.165, 1.54) is 20.3 Å². The van der Waals surface area contributed by atoms with E-state index in [4.69, 9.17) is 11.6 Å². The number of halogens is 1. The summed E-state index contributed by atoms with van der Waals surface area (Å²) in [5.74, 6) is 0. The van der Waals surface area contributed by atoms with E-state index in [1.807, 2.05) is 36.4 Å². The van der Waals surface area contributed by atoms with Crippen molar-refractivity contribution in [1.29, 1.82) is 0 Å². The summed E-state index contributed by atoms with van der Waals surface area (Å²) in [6, 6.07) is 28.8. The van der Waals surface area contributed by atoms with Crippen molar-refractivity contribution in [2.24, 2.45) is 0 Å². The molecule has 3 rings (SSSR count). The van der Waals surface area contributed by atoms with Crippen LogP contribution in [0.3, 0.4) is 0 Å². The van der Waals surface area contributed by atoms with Crippen LogP contribution >= 0.6 is 35.1 Å². The zero-order valence-corrected chi connectivity index (χ0v) is 14.7. The van der Waals surface area contributed by atoms with Crippen molar-refractivity contribution in [3.05, 3.63) is 101 Å². The highest BCUT2D eigenvalue weighted by molar-refractivity contribution is 8.10. The second-order valence-electron chi connectivity index (χ2n) is 4.84. The predicted molar refractivity (Wildman–Crippen MR) is 104 cm³/mol. The summed E-state index contributed by atoms with van der Waals surface area (Å²) in [4.78, 5) is 3.65. The molecule has 3 aromatic rings. The molecule has 3 aromatic carbocycles. The van der Waals surface area contributed by atoms with Gasteiger partial charge in [-0.25, -0.2) is 0 Å². The van der Waals surface area contributed by atoms with E-state index in [9.17, 15) is 0 Å². The van der Waals surface area contributed by atoms with Gasteiger partial charge in [-0.05, 0) is 47.4 Å². The van der Waals surface area contributed by atoms with E-state index >= 15 is 0 Å². The van der Waals surface area contributed by atoms with Gasteiger partial charge in [-0.3, -0.25) is 0 Å². The van der Waals surface area contributed by atoms with Gasteiger partial charge in [0.1, 0.15) is 0 Å². The minimum absolute atomic E-state index is 0.764. The molecule has 0 saturated carbocycles. The summed E-state index contributed by atoms with van der Waals surface area (Å²) < 4.78 is 0. The molecule has 0 amide bonds. The van der Waals surface area contributed by atoms with Crippen LogP contribution in [0.25, 0.3) is 4.91 Å². The van der Waals surface area contributed by atoms with E-state index in [0.717, 1.165) is 5.02 Å². The molecule has 0 fully saturated rings. The minimum Gasteiger partial charge on any atom is -0.0969 e. The molecule has 3 heteroatoms. The molecule has 0 aliphatic rings. The maximum Gasteiger partial charge on any atom is 0.0406 e. The zero-order valence-electron chi connectivity index (χ0n) is 12.4. The molecule has 0 radical (unpaired) electrons. The molecule has 0 saturated heterocycles. The van der Waals surface area contributed by atoms with Crippen molar-refractivity contribution in [3.63, 3.8) is 0 Å². The maximum absolute atomic E-state index is 5.95. The molecule has 0 heterocycles. The van der Waals surface area contributed by atoms with E-state index in [0.29, 0.717) is 0 Å². The van der Waals surface area contributed by atoms with Gasteiger partial charge in [-0.2, -0.15) is 0 Å². The quantitative estimate of drug-likeness (QED) is 0.443. The van der Waals surface area contributed by atoms with Crippen molar-refractivity contribution < 1.29 is 0 Å². The van der Waals surface area contributed by atoms with Crippen LogP contribution in [0.2, 0.25) is 5.02 Å². The average molecular weight is 355 g/mol. The lowest BCUT2D eigenvalue weighted by Gasteiger charge is -2.08. The topological polar surface area (TPSA) is 0 Å². The number of hydrogen-bond donors (Lipinski definition) is 0. The molecular weight excluding hydrogens is 340 g/mol. The first-order valence-corrected chi connectivity index (χ1v) is 9.29. The van der Waals surface area contributed by atoms with Crippen molar-refractivity contribution in [2.75, 3.05) is 0 Å². The van der Waals surface area contributed by atoms with Crippen LogP contribution < -0.4 is 0 Å². The largest absolute Gasteiger partial charge is 0.0969 e. The van der Waals surface area contributed by atoms with Gasteiger partial charge in [0.25, 0.3) is 0 Å². The molecule has 0 bridgehead atoms. The fraction of sp³-hybridized carbons (Fsp3) is 0. The van der Waals surface area contributed by atoms with Crippen LogP contribution in [0.15, 0.2) is 100 Å². The summed E-state index contributed by atoms with van der Waals surface area (Å²) in [5, 5.41) is 2.97. The van der Waals surface area contributed by atoms with E-state index in [2.05, 4.69) is 53.9 Å². The first-order chi connectivity index (χ1) is 11.3. The number of thioether (sulfide) groups is 2. The Balaban J connectivity index is 1.85. The minimum atomic E-state index is 0.764. The van der Waals surface area contributed by atoms with Crippen LogP contribution in [0, 0.1) is 0 Å². The van der Waals surface area contributed by atoms with Crippen molar-refractivity contribution in [1.82, 2.24) is 0 Å². The van der Waals surface area contributed by atoms with Gasteiger partial charge < -0.3 is 0 Å². The zero-order chi connectivity index (χ0) is 15.9. The van der Waals surface area contributed by atoms with Crippen molar-refractivity contribution >= 4 is 40.0 Å². The Morgan fingerprint density at radius 3 is 1.96 bits per heavy atom. The second kappa shape index (κ2) is 8.30. The first kappa shape index (κ1) is 16.3. The van der Waals surface area contributed by atoms with Gasteiger partial charge in [0.15, 0.2) is 0 Å². The number of hydrogen-bond acceptors (Lipinski definition) is 2. The number of rotatable bonds is 5. The van der Waals surface area contributed by atoms with Gasteiger partial charge >= 0.3 is 0 Å². The second-order valence-corrected chi connectivity index (χ2v) is 7.33. The Morgan fingerprint density at radius 2 is 1.30 bits per heavy atom. The third-order valence-corrected chi connectivity index (χ3v) is 5.53. The summed E-state index contributed by atoms with van der Waals surface area (Å²) in [7, 11) is 0. The fourth-order valence-corrected chi connectivity index (χ4v) is 3.94. The highest BCUT2D eigenvalue weighted by Crippen LogP contribution is 2.37. The molecule has 0 unspecified atom stereocenters. The van der Waals surface area contributed by atoms with E-state index in [-0.39, 0.29) is 0 Å². The van der Waals surface area contributed by atoms with Crippen molar-refractivity contribution in [2.45, 2.75) is 9.79 Å². The van der Waals surface area contributed by atoms with E-state index in [1.54, 1.807) is 23.5 Å². The fourth-order valence-electron chi connectivity index (χ4n) is 2.00. The highest BCUT2D eigenvalue weighted by atomic mass is 35.5. The normalized spacial score (nSPS) is 11.4. The number of benzene rings is 3. The molecule has 114 valence electrons. The lowest BCUT2D eigenvalue weighted by molar-refractivity contribution is 1.47. The Morgan fingerprint density at radius 1 is 0.696 bits per heavy atom. The molecule has 0 atom stereocenters. The summed E-state index contributed by atoms with van der Waals surface area (Å²) in [6.45, 7) is 0. The van der Waals surface area contributed by atoms with Gasteiger partial charge in [0.2, 0.25) is 0 Å². The Bertz CT molecular complexity index is 766. The molecule has 0 spiro atoms. The van der Waals surface area contributed by atoms with Gasteiger partial charge in [-0.15, -0.1) is 0 Å². The molecular formula is C20H15ClS2. The SMILES string of the molecule is Clc1ccc(S/C=C(\Sc2ccccc2)c2ccccc2)cc1. The summed E-state index contributed by atoms with van der Waals surface area (Å²) in [5.41, 5.74) is 1.22. The van der Waals surface area contributed by atoms with Gasteiger partial charge in [-0.1, -0.05) is 83.7 Å². The molecule has 0 aliphatic heterocycles. The molecule has 0 N–H and O–H groups in total. The van der Waals surface area contributed by atoms with Crippen LogP contribution in [0.4, 0.5) is 0 Å². The first-order valence-electron chi connectivity index (χ1n) is 7.22. The third kappa shape index (κ3) is 4.93. The van der Waals surface area contributed by atoms with Gasteiger partial charge in [0.05, 0.1) is 0 Å². The average Bonchev–Trinajstić information content (AvgIpc) is 2.61. The smallest absolute Gasteiger partial charge is 0.0406 e. The van der Waals surface area contributed by atoms with Crippen LogP contribution in [0.1, 0.15) is 5.56 Å². The van der Waals surface area contributed by atoms with E-state index < -0.39 is 0 Å². The Labute approximate surface area is 150 Å². The highest BCUT2D eigenvalue weighted by Gasteiger charge is 2.04. The monoisotopic (exact) mass is 354 g/mol. The Kier molecular flexibility index (Phi) is 5.87. The maximum atomic E-state index is 5.95.